The van der Waals surface area contributed by atoms with Crippen LogP contribution in [0, 0.1) is 18.7 Å². The Balaban J connectivity index is 1.65. The van der Waals surface area contributed by atoms with Crippen molar-refractivity contribution in [3.05, 3.63) is 53.7 Å². The van der Waals surface area contributed by atoms with Crippen LogP contribution in [-0.4, -0.2) is 29.8 Å². The largest absolute Gasteiger partial charge is 0.472 e. The van der Waals surface area contributed by atoms with Gasteiger partial charge in [0, 0.05) is 18.8 Å². The van der Waals surface area contributed by atoms with Crippen molar-refractivity contribution in [2.24, 2.45) is 5.92 Å². The first-order chi connectivity index (χ1) is 11.5. The Morgan fingerprint density at radius 1 is 1.33 bits per heavy atom. The van der Waals surface area contributed by atoms with E-state index in [4.69, 9.17) is 4.42 Å². The summed E-state index contributed by atoms with van der Waals surface area (Å²) in [4.78, 5) is 26.5. The fourth-order valence-corrected chi connectivity index (χ4v) is 2.95. The van der Waals surface area contributed by atoms with Gasteiger partial charge < -0.3 is 14.6 Å². The lowest BCUT2D eigenvalue weighted by atomic mass is 9.96. The second-order valence-electron chi connectivity index (χ2n) is 6.05. The van der Waals surface area contributed by atoms with Crippen LogP contribution in [0.15, 0.2) is 41.2 Å². The Morgan fingerprint density at radius 3 is 2.88 bits per heavy atom. The maximum atomic E-state index is 13.1. The third-order valence-corrected chi connectivity index (χ3v) is 4.29. The average Bonchev–Trinajstić information content (AvgIpc) is 3.11. The fourth-order valence-electron chi connectivity index (χ4n) is 2.95. The second kappa shape index (κ2) is 6.86. The lowest BCUT2D eigenvalue weighted by Gasteiger charge is -2.31. The first kappa shape index (κ1) is 16.2. The van der Waals surface area contributed by atoms with Gasteiger partial charge in [-0.05, 0) is 49.6 Å². The van der Waals surface area contributed by atoms with Crippen LogP contribution in [0.1, 0.15) is 28.8 Å². The summed E-state index contributed by atoms with van der Waals surface area (Å²) in [5.74, 6) is -0.882. The molecule has 1 aromatic carbocycles. The second-order valence-corrected chi connectivity index (χ2v) is 6.05. The van der Waals surface area contributed by atoms with E-state index in [1.165, 1.54) is 24.7 Å². The number of carbonyl (C=O) groups excluding carboxylic acids is 2. The Hall–Kier alpha value is -2.63. The SMILES string of the molecule is Cc1cc(F)ccc1NC(=O)[C@@H]1CCCN(C(=O)c2ccoc2)C1. The number of halogens is 1. The Morgan fingerprint density at radius 2 is 2.17 bits per heavy atom. The molecule has 2 aromatic rings. The molecule has 0 aliphatic carbocycles. The van der Waals surface area contributed by atoms with Crippen LogP contribution in [-0.2, 0) is 4.79 Å². The van der Waals surface area contributed by atoms with Crippen LogP contribution in [0.2, 0.25) is 0 Å². The number of nitrogens with one attached hydrogen (secondary N) is 1. The van der Waals surface area contributed by atoms with Crippen molar-refractivity contribution in [2.75, 3.05) is 18.4 Å². The van der Waals surface area contributed by atoms with Crippen molar-refractivity contribution in [3.63, 3.8) is 0 Å². The number of nitrogens with zero attached hydrogens (tertiary/aromatic N) is 1. The van der Waals surface area contributed by atoms with E-state index in [1.54, 1.807) is 24.0 Å². The highest BCUT2D eigenvalue weighted by molar-refractivity contribution is 5.96. The molecule has 1 atom stereocenters. The molecule has 126 valence electrons. The van der Waals surface area contributed by atoms with E-state index >= 15 is 0 Å². The molecule has 6 heteroatoms. The Bertz CT molecular complexity index is 743. The zero-order valence-electron chi connectivity index (χ0n) is 13.4. The highest BCUT2D eigenvalue weighted by Gasteiger charge is 2.29. The van der Waals surface area contributed by atoms with E-state index in [0.29, 0.717) is 29.9 Å². The Kier molecular flexibility index (Phi) is 4.64. The summed E-state index contributed by atoms with van der Waals surface area (Å²) >= 11 is 0. The molecule has 1 saturated heterocycles. The molecule has 1 aliphatic heterocycles. The smallest absolute Gasteiger partial charge is 0.257 e. The highest BCUT2D eigenvalue weighted by Crippen LogP contribution is 2.22. The molecule has 0 saturated carbocycles. The van der Waals surface area contributed by atoms with Crippen molar-refractivity contribution in [2.45, 2.75) is 19.8 Å². The lowest BCUT2D eigenvalue weighted by molar-refractivity contribution is -0.121. The van der Waals surface area contributed by atoms with Gasteiger partial charge in [0.2, 0.25) is 5.91 Å². The first-order valence-electron chi connectivity index (χ1n) is 7.93. The van der Waals surface area contributed by atoms with Crippen LogP contribution < -0.4 is 5.32 Å². The number of carbonyl (C=O) groups is 2. The lowest BCUT2D eigenvalue weighted by Crippen LogP contribution is -2.43. The number of rotatable bonds is 3. The van der Waals surface area contributed by atoms with Gasteiger partial charge in [-0.3, -0.25) is 9.59 Å². The molecule has 1 aliphatic rings. The Labute approximate surface area is 139 Å². The van der Waals surface area contributed by atoms with Crippen LogP contribution in [0.25, 0.3) is 0 Å². The summed E-state index contributed by atoms with van der Waals surface area (Å²) < 4.78 is 18.1. The summed E-state index contributed by atoms with van der Waals surface area (Å²) in [5, 5.41) is 2.84. The standard InChI is InChI=1S/C18H19FN2O3/c1-12-9-15(19)4-5-16(12)20-17(22)13-3-2-7-21(10-13)18(23)14-6-8-24-11-14/h4-6,8-9,11,13H,2-3,7,10H2,1H3,(H,20,22)/t13-/m1/s1. The minimum absolute atomic E-state index is 0.126. The zero-order chi connectivity index (χ0) is 17.1. The minimum Gasteiger partial charge on any atom is -0.472 e. The molecule has 5 nitrogen and oxygen atoms in total. The number of aryl methyl sites for hydroxylation is 1. The quantitative estimate of drug-likeness (QED) is 0.940. The summed E-state index contributed by atoms with van der Waals surface area (Å²) in [6, 6.07) is 5.87. The van der Waals surface area contributed by atoms with E-state index in [2.05, 4.69) is 5.32 Å². The van der Waals surface area contributed by atoms with Gasteiger partial charge in [0.15, 0.2) is 0 Å². The van der Waals surface area contributed by atoms with Crippen molar-refractivity contribution < 1.29 is 18.4 Å². The van der Waals surface area contributed by atoms with E-state index < -0.39 is 0 Å². The maximum Gasteiger partial charge on any atom is 0.257 e. The number of hydrogen-bond acceptors (Lipinski definition) is 3. The molecule has 24 heavy (non-hydrogen) atoms. The minimum atomic E-state index is -0.333. The van der Waals surface area contributed by atoms with Gasteiger partial charge in [0.25, 0.3) is 5.91 Å². The number of piperidine rings is 1. The third-order valence-electron chi connectivity index (χ3n) is 4.29. The summed E-state index contributed by atoms with van der Waals surface area (Å²) in [5.41, 5.74) is 1.76. The molecule has 2 amide bonds. The summed E-state index contributed by atoms with van der Waals surface area (Å²) in [6.07, 6.45) is 4.36. The number of hydrogen-bond donors (Lipinski definition) is 1. The van der Waals surface area contributed by atoms with Gasteiger partial charge in [-0.2, -0.15) is 0 Å². The van der Waals surface area contributed by atoms with Gasteiger partial charge in [-0.1, -0.05) is 0 Å². The molecule has 2 heterocycles. The number of likely N-dealkylation sites (tertiary alicyclic amines) is 1. The van der Waals surface area contributed by atoms with Crippen molar-refractivity contribution >= 4 is 17.5 Å². The van der Waals surface area contributed by atoms with E-state index in [9.17, 15) is 14.0 Å². The van der Waals surface area contributed by atoms with Gasteiger partial charge in [0.1, 0.15) is 12.1 Å². The predicted molar refractivity (Wildman–Crippen MR) is 87.1 cm³/mol. The van der Waals surface area contributed by atoms with Gasteiger partial charge in [0.05, 0.1) is 17.7 Å². The monoisotopic (exact) mass is 330 g/mol. The van der Waals surface area contributed by atoms with E-state index in [0.717, 1.165) is 12.8 Å². The van der Waals surface area contributed by atoms with Crippen molar-refractivity contribution in [3.8, 4) is 0 Å². The number of furan rings is 1. The van der Waals surface area contributed by atoms with Crippen LogP contribution in [0.3, 0.4) is 0 Å². The molecule has 1 N–H and O–H groups in total. The molecule has 3 rings (SSSR count). The number of anilines is 1. The highest BCUT2D eigenvalue weighted by atomic mass is 19.1. The molecular weight excluding hydrogens is 311 g/mol. The van der Waals surface area contributed by atoms with Crippen molar-refractivity contribution in [1.29, 1.82) is 0 Å². The van der Waals surface area contributed by atoms with Crippen LogP contribution in [0.4, 0.5) is 10.1 Å². The van der Waals surface area contributed by atoms with Gasteiger partial charge in [-0.15, -0.1) is 0 Å². The van der Waals surface area contributed by atoms with Crippen LogP contribution in [0.5, 0.6) is 0 Å². The average molecular weight is 330 g/mol. The van der Waals surface area contributed by atoms with Crippen molar-refractivity contribution in [1.82, 2.24) is 4.90 Å². The molecule has 0 bridgehead atoms. The van der Waals surface area contributed by atoms with E-state index in [-0.39, 0.29) is 23.5 Å². The molecule has 0 radical (unpaired) electrons. The molecule has 1 aromatic heterocycles. The number of amides is 2. The maximum absolute atomic E-state index is 13.1. The zero-order valence-corrected chi connectivity index (χ0v) is 13.4. The van der Waals surface area contributed by atoms with Gasteiger partial charge >= 0.3 is 0 Å². The molecule has 0 unspecified atom stereocenters. The molecular formula is C18H19FN2O3. The van der Waals surface area contributed by atoms with E-state index in [1.807, 2.05) is 0 Å². The fraction of sp³-hybridized carbons (Fsp3) is 0.333. The first-order valence-corrected chi connectivity index (χ1v) is 7.93. The summed E-state index contributed by atoms with van der Waals surface area (Å²) in [7, 11) is 0. The molecule has 0 spiro atoms. The third kappa shape index (κ3) is 3.48. The number of benzene rings is 1. The van der Waals surface area contributed by atoms with Gasteiger partial charge in [-0.25, -0.2) is 4.39 Å². The van der Waals surface area contributed by atoms with Crippen LogP contribution >= 0.6 is 0 Å². The molecule has 1 fully saturated rings. The predicted octanol–water partition coefficient (Wildman–Crippen LogP) is 3.22. The topological polar surface area (TPSA) is 62.6 Å². The normalized spacial score (nSPS) is 17.6. The summed E-state index contributed by atoms with van der Waals surface area (Å²) in [6.45, 7) is 2.74.